The van der Waals surface area contributed by atoms with E-state index in [-0.39, 0.29) is 17.4 Å². The van der Waals surface area contributed by atoms with Gasteiger partial charge in [-0.1, -0.05) is 24.3 Å². The van der Waals surface area contributed by atoms with E-state index in [2.05, 4.69) is 5.32 Å². The van der Waals surface area contributed by atoms with E-state index in [4.69, 9.17) is 5.26 Å². The molecule has 1 fully saturated rings. The van der Waals surface area contributed by atoms with E-state index in [1.165, 1.54) is 35.2 Å². The molecule has 1 heterocycles. The molecule has 1 aliphatic rings. The predicted octanol–water partition coefficient (Wildman–Crippen LogP) is 2.03. The lowest BCUT2D eigenvalue weighted by atomic mass is 10.0. The summed E-state index contributed by atoms with van der Waals surface area (Å²) >= 11 is 0. The number of benzene rings is 2. The number of piperidine rings is 1. The number of nitrogens with one attached hydrogen (secondary N) is 1. The number of carbonyl (C=O) groups excluding carboxylic acids is 2. The molecule has 1 saturated heterocycles. The maximum atomic E-state index is 13.8. The quantitative estimate of drug-likeness (QED) is 0.735. The number of amides is 2. The molecule has 0 aliphatic carbocycles. The highest BCUT2D eigenvalue weighted by Gasteiger charge is 2.27. The highest BCUT2D eigenvalue weighted by Crippen LogP contribution is 2.16. The van der Waals surface area contributed by atoms with Crippen LogP contribution in [0.2, 0.25) is 0 Å². The first-order valence-corrected chi connectivity index (χ1v) is 11.6. The van der Waals surface area contributed by atoms with Crippen LogP contribution in [0.3, 0.4) is 0 Å². The first-order valence-electron chi connectivity index (χ1n) is 9.80. The lowest BCUT2D eigenvalue weighted by molar-refractivity contribution is -0.119. The Balaban J connectivity index is 1.48. The van der Waals surface area contributed by atoms with E-state index >= 15 is 0 Å². The summed E-state index contributed by atoms with van der Waals surface area (Å²) < 4.78 is 38.5. The van der Waals surface area contributed by atoms with Gasteiger partial charge in [0.05, 0.1) is 22.9 Å². The van der Waals surface area contributed by atoms with Gasteiger partial charge >= 0.3 is 0 Å². The van der Waals surface area contributed by atoms with Crippen molar-refractivity contribution in [2.75, 3.05) is 18.8 Å². The molecule has 0 unspecified atom stereocenters. The Morgan fingerprint density at radius 1 is 1.10 bits per heavy atom. The minimum Gasteiger partial charge on any atom is -0.352 e. The van der Waals surface area contributed by atoms with Crippen LogP contribution in [-0.2, 0) is 20.4 Å². The van der Waals surface area contributed by atoms with E-state index in [9.17, 15) is 22.4 Å². The fraction of sp³-hybridized carbons (Fsp3) is 0.318. The van der Waals surface area contributed by atoms with Gasteiger partial charge in [-0.25, -0.2) is 12.8 Å². The molecule has 31 heavy (non-hydrogen) atoms. The fourth-order valence-electron chi connectivity index (χ4n) is 3.48. The van der Waals surface area contributed by atoms with Crippen molar-refractivity contribution in [1.82, 2.24) is 10.2 Å². The van der Waals surface area contributed by atoms with Crippen LogP contribution < -0.4 is 5.32 Å². The average Bonchev–Trinajstić information content (AvgIpc) is 2.74. The molecule has 2 aromatic carbocycles. The largest absolute Gasteiger partial charge is 0.352 e. The third kappa shape index (κ3) is 6.12. The van der Waals surface area contributed by atoms with Crippen LogP contribution in [0.1, 0.15) is 34.3 Å². The van der Waals surface area contributed by atoms with E-state index < -0.39 is 33.2 Å². The summed E-state index contributed by atoms with van der Waals surface area (Å²) in [5.74, 6) is -2.49. The lowest BCUT2D eigenvalue weighted by Crippen LogP contribution is -2.47. The highest BCUT2D eigenvalue weighted by atomic mass is 32.2. The Labute approximate surface area is 180 Å². The molecule has 9 heteroatoms. The van der Waals surface area contributed by atoms with Gasteiger partial charge in [0, 0.05) is 19.1 Å². The van der Waals surface area contributed by atoms with Gasteiger partial charge in [-0.2, -0.15) is 5.26 Å². The molecule has 0 saturated carbocycles. The molecule has 2 amide bonds. The number of hydrogen-bond acceptors (Lipinski definition) is 5. The maximum Gasteiger partial charge on any atom is 0.256 e. The van der Waals surface area contributed by atoms with Gasteiger partial charge in [-0.3, -0.25) is 9.59 Å². The molecule has 1 aliphatic heterocycles. The predicted molar refractivity (Wildman–Crippen MR) is 112 cm³/mol. The van der Waals surface area contributed by atoms with E-state index in [0.29, 0.717) is 37.1 Å². The molecule has 7 nitrogen and oxygen atoms in total. The average molecular weight is 444 g/mol. The standard InChI is InChI=1S/C22H22FN3O4S/c23-20-4-2-1-3-19(20)22(28)26-11-9-18(10-12-26)25-21(27)15-31(29,30)14-17-7-5-16(13-24)6-8-17/h1-8,18H,9-12,14-15H2,(H,25,27). The molecule has 0 radical (unpaired) electrons. The number of rotatable bonds is 6. The number of carbonyl (C=O) groups is 2. The zero-order chi connectivity index (χ0) is 22.4. The van der Waals surface area contributed by atoms with E-state index in [1.54, 1.807) is 18.2 Å². The summed E-state index contributed by atoms with van der Waals surface area (Å²) in [6.45, 7) is 0.687. The van der Waals surface area contributed by atoms with Crippen LogP contribution in [-0.4, -0.2) is 50.0 Å². The SMILES string of the molecule is N#Cc1ccc(CS(=O)(=O)CC(=O)NC2CCN(C(=O)c3ccccc3F)CC2)cc1. The molecule has 0 bridgehead atoms. The molecular formula is C22H22FN3O4S. The summed E-state index contributed by atoms with van der Waals surface area (Å²) in [6.07, 6.45) is 0.920. The number of likely N-dealkylation sites (tertiary alicyclic amines) is 1. The van der Waals surface area contributed by atoms with Crippen LogP contribution in [0, 0.1) is 17.1 Å². The van der Waals surface area contributed by atoms with E-state index in [1.807, 2.05) is 6.07 Å². The summed E-state index contributed by atoms with van der Waals surface area (Å²) in [4.78, 5) is 26.2. The number of halogens is 1. The maximum absolute atomic E-state index is 13.8. The summed E-state index contributed by atoms with van der Waals surface area (Å²) in [5, 5.41) is 11.5. The van der Waals surface area contributed by atoms with Gasteiger partial charge in [-0.15, -0.1) is 0 Å². The van der Waals surface area contributed by atoms with Crippen LogP contribution in [0.4, 0.5) is 4.39 Å². The number of nitriles is 1. The first-order chi connectivity index (χ1) is 14.8. The molecule has 0 atom stereocenters. The Kier molecular flexibility index (Phi) is 7.02. The molecule has 1 N–H and O–H groups in total. The second-order valence-corrected chi connectivity index (χ2v) is 9.52. The monoisotopic (exact) mass is 443 g/mol. The molecule has 162 valence electrons. The molecular weight excluding hydrogens is 421 g/mol. The van der Waals surface area contributed by atoms with Crippen LogP contribution >= 0.6 is 0 Å². The van der Waals surface area contributed by atoms with Crippen molar-refractivity contribution < 1.29 is 22.4 Å². The Morgan fingerprint density at radius 2 is 1.74 bits per heavy atom. The van der Waals surface area contributed by atoms with Crippen LogP contribution in [0.15, 0.2) is 48.5 Å². The van der Waals surface area contributed by atoms with E-state index in [0.717, 1.165) is 0 Å². The van der Waals surface area contributed by atoms with Crippen molar-refractivity contribution in [3.05, 3.63) is 71.0 Å². The van der Waals surface area contributed by atoms with Crippen molar-refractivity contribution in [2.24, 2.45) is 0 Å². The van der Waals surface area contributed by atoms with Gasteiger partial charge in [0.25, 0.3) is 5.91 Å². The third-order valence-electron chi connectivity index (χ3n) is 5.07. The molecule has 0 spiro atoms. The van der Waals surface area contributed by atoms with Crippen molar-refractivity contribution in [2.45, 2.75) is 24.6 Å². The second-order valence-electron chi connectivity index (χ2n) is 7.45. The number of hydrogen-bond donors (Lipinski definition) is 1. The summed E-state index contributed by atoms with van der Waals surface area (Å²) in [7, 11) is -3.67. The number of sulfone groups is 1. The van der Waals surface area contributed by atoms with Crippen molar-refractivity contribution in [3.63, 3.8) is 0 Å². The molecule has 0 aromatic heterocycles. The fourth-order valence-corrected chi connectivity index (χ4v) is 4.77. The Morgan fingerprint density at radius 3 is 2.35 bits per heavy atom. The molecule has 2 aromatic rings. The smallest absolute Gasteiger partial charge is 0.256 e. The van der Waals surface area contributed by atoms with Gasteiger partial charge in [0.1, 0.15) is 11.6 Å². The van der Waals surface area contributed by atoms with Crippen molar-refractivity contribution in [1.29, 1.82) is 5.26 Å². The topological polar surface area (TPSA) is 107 Å². The lowest BCUT2D eigenvalue weighted by Gasteiger charge is -2.32. The van der Waals surface area contributed by atoms with Crippen molar-refractivity contribution >= 4 is 21.7 Å². The Hall–Kier alpha value is -3.25. The van der Waals surface area contributed by atoms with Crippen molar-refractivity contribution in [3.8, 4) is 6.07 Å². The summed E-state index contributed by atoms with van der Waals surface area (Å²) in [6, 6.07) is 13.7. The minimum atomic E-state index is -3.67. The normalized spacial score (nSPS) is 14.6. The summed E-state index contributed by atoms with van der Waals surface area (Å²) in [5.41, 5.74) is 0.948. The first kappa shape index (κ1) is 22.4. The minimum absolute atomic E-state index is 0.0129. The van der Waals surface area contributed by atoms with Gasteiger partial charge in [0.2, 0.25) is 5.91 Å². The van der Waals surface area contributed by atoms with Crippen LogP contribution in [0.25, 0.3) is 0 Å². The number of nitrogens with zero attached hydrogens (tertiary/aromatic N) is 2. The van der Waals surface area contributed by atoms with Gasteiger partial charge in [-0.05, 0) is 42.7 Å². The third-order valence-corrected chi connectivity index (χ3v) is 6.55. The highest BCUT2D eigenvalue weighted by molar-refractivity contribution is 7.91. The molecule has 3 rings (SSSR count). The zero-order valence-corrected chi connectivity index (χ0v) is 17.6. The van der Waals surface area contributed by atoms with Gasteiger partial charge < -0.3 is 10.2 Å². The van der Waals surface area contributed by atoms with Gasteiger partial charge in [0.15, 0.2) is 9.84 Å². The second kappa shape index (κ2) is 9.71. The zero-order valence-electron chi connectivity index (χ0n) is 16.8. The Bertz CT molecular complexity index is 1100. The van der Waals surface area contributed by atoms with Crippen LogP contribution in [0.5, 0.6) is 0 Å².